The van der Waals surface area contributed by atoms with Gasteiger partial charge < -0.3 is 19.4 Å². The predicted octanol–water partition coefficient (Wildman–Crippen LogP) is 3.80. The van der Waals surface area contributed by atoms with Gasteiger partial charge in [0.05, 0.1) is 31.2 Å². The minimum atomic E-state index is -0.372. The molecule has 2 N–H and O–H groups in total. The van der Waals surface area contributed by atoms with Crippen LogP contribution in [0.4, 0.5) is 5.69 Å². The highest BCUT2D eigenvalue weighted by molar-refractivity contribution is 5.60. The number of hydrogen-bond acceptors (Lipinski definition) is 6. The molecule has 148 valence electrons. The first-order valence-electron chi connectivity index (χ1n) is 9.80. The first kappa shape index (κ1) is 18.7. The highest BCUT2D eigenvalue weighted by atomic mass is 16.7. The average molecular weight is 382 g/mol. The molecule has 4 rings (SSSR count). The zero-order chi connectivity index (χ0) is 19.5. The molecule has 0 bridgehead atoms. The third kappa shape index (κ3) is 3.66. The van der Waals surface area contributed by atoms with Gasteiger partial charge in [-0.2, -0.15) is 0 Å². The van der Waals surface area contributed by atoms with E-state index in [1.54, 1.807) is 0 Å². The number of ether oxygens (including phenoxy) is 2. The molecule has 1 heterocycles. The summed E-state index contributed by atoms with van der Waals surface area (Å²) in [7, 11) is 0. The maximum atomic E-state index is 10.1. The molecule has 28 heavy (non-hydrogen) atoms. The molecule has 0 saturated carbocycles. The molecule has 2 aromatic rings. The van der Waals surface area contributed by atoms with Gasteiger partial charge in [0.25, 0.3) is 0 Å². The smallest absolute Gasteiger partial charge is 0.161 e. The van der Waals surface area contributed by atoms with Crippen molar-refractivity contribution in [1.29, 1.82) is 0 Å². The van der Waals surface area contributed by atoms with Gasteiger partial charge >= 0.3 is 0 Å². The summed E-state index contributed by atoms with van der Waals surface area (Å²) in [6.45, 7) is 5.11. The Balaban J connectivity index is 1.52. The van der Waals surface area contributed by atoms with E-state index in [0.29, 0.717) is 19.6 Å². The van der Waals surface area contributed by atoms with Crippen LogP contribution in [0, 0.1) is 0 Å². The Morgan fingerprint density at radius 3 is 2.79 bits per heavy atom. The second kappa shape index (κ2) is 8.12. The highest BCUT2D eigenvalue weighted by Crippen LogP contribution is 2.38. The standard InChI is InChI=1S/C22H26N2O4/c1-3-26-21-11-8-15(13-22(21)27-4-2)12-16-14-24(23-28-16)19-7-5-6-18-17(19)9-10-20(18)25/h5-8,11,13-14,20,23,25H,3-4,9-10,12H2,1-2H3. The third-order valence-electron chi connectivity index (χ3n) is 5.01. The van der Waals surface area contributed by atoms with Gasteiger partial charge in [-0.1, -0.05) is 23.8 Å². The van der Waals surface area contributed by atoms with Crippen LogP contribution in [-0.2, 0) is 17.7 Å². The molecule has 1 atom stereocenters. The van der Waals surface area contributed by atoms with E-state index in [1.165, 1.54) is 5.56 Å². The van der Waals surface area contributed by atoms with Crippen molar-refractivity contribution < 1.29 is 19.4 Å². The lowest BCUT2D eigenvalue weighted by Gasteiger charge is -2.17. The maximum absolute atomic E-state index is 10.1. The Hall–Kier alpha value is -2.70. The number of benzene rings is 2. The molecule has 0 spiro atoms. The monoisotopic (exact) mass is 382 g/mol. The minimum Gasteiger partial charge on any atom is -0.490 e. The van der Waals surface area contributed by atoms with Crippen LogP contribution in [-0.4, -0.2) is 18.3 Å². The van der Waals surface area contributed by atoms with Gasteiger partial charge in [0.15, 0.2) is 11.5 Å². The first-order chi connectivity index (χ1) is 13.7. The van der Waals surface area contributed by atoms with E-state index in [0.717, 1.165) is 46.9 Å². The van der Waals surface area contributed by atoms with Crippen LogP contribution in [0.2, 0.25) is 0 Å². The molecule has 0 amide bonds. The normalized spacial score (nSPS) is 17.9. The van der Waals surface area contributed by atoms with Crippen molar-refractivity contribution in [3.05, 3.63) is 65.0 Å². The summed E-state index contributed by atoms with van der Waals surface area (Å²) in [6.07, 6.45) is 3.85. The fraction of sp³-hybridized carbons (Fsp3) is 0.364. The summed E-state index contributed by atoms with van der Waals surface area (Å²) < 4.78 is 11.3. The molecule has 0 saturated heterocycles. The van der Waals surface area contributed by atoms with E-state index in [4.69, 9.17) is 14.3 Å². The van der Waals surface area contributed by atoms with Gasteiger partial charge in [-0.25, -0.2) is 5.01 Å². The second-order valence-corrected chi connectivity index (χ2v) is 6.88. The summed E-state index contributed by atoms with van der Waals surface area (Å²) in [5.41, 5.74) is 7.24. The Kier molecular flexibility index (Phi) is 5.41. The van der Waals surface area contributed by atoms with Crippen LogP contribution >= 0.6 is 0 Å². The largest absolute Gasteiger partial charge is 0.490 e. The number of nitrogens with one attached hydrogen (secondary N) is 1. The fourth-order valence-corrected chi connectivity index (χ4v) is 3.75. The van der Waals surface area contributed by atoms with E-state index >= 15 is 0 Å². The number of hydrogen-bond donors (Lipinski definition) is 2. The summed E-state index contributed by atoms with van der Waals surface area (Å²) in [5, 5.41) is 12.0. The van der Waals surface area contributed by atoms with Gasteiger partial charge in [-0.05, 0) is 61.6 Å². The van der Waals surface area contributed by atoms with Gasteiger partial charge in [0.2, 0.25) is 0 Å². The van der Waals surface area contributed by atoms with E-state index in [9.17, 15) is 5.11 Å². The van der Waals surface area contributed by atoms with Crippen molar-refractivity contribution in [3.63, 3.8) is 0 Å². The Bertz CT molecular complexity index is 881. The number of allylic oxidation sites excluding steroid dienone is 1. The molecule has 2 aromatic carbocycles. The fourth-order valence-electron chi connectivity index (χ4n) is 3.75. The number of aliphatic hydroxyl groups is 1. The van der Waals surface area contributed by atoms with Crippen molar-refractivity contribution >= 4 is 5.69 Å². The Labute approximate surface area is 165 Å². The molecule has 0 fully saturated rings. The molecule has 6 heteroatoms. The van der Waals surface area contributed by atoms with Crippen molar-refractivity contribution in [2.45, 2.75) is 39.2 Å². The van der Waals surface area contributed by atoms with Crippen molar-refractivity contribution in [2.24, 2.45) is 0 Å². The number of nitrogens with zero attached hydrogens (tertiary/aromatic N) is 1. The number of fused-ring (bicyclic) bond motifs is 1. The molecular formula is C22H26N2O4. The summed E-state index contributed by atoms with van der Waals surface area (Å²) in [6, 6.07) is 12.0. The van der Waals surface area contributed by atoms with Gasteiger partial charge in [-0.3, -0.25) is 0 Å². The quantitative estimate of drug-likeness (QED) is 0.759. The minimum absolute atomic E-state index is 0.372. The predicted molar refractivity (Wildman–Crippen MR) is 107 cm³/mol. The molecule has 1 aliphatic heterocycles. The molecule has 0 aromatic heterocycles. The van der Waals surface area contributed by atoms with Crippen LogP contribution in [0.1, 0.15) is 43.1 Å². The lowest BCUT2D eigenvalue weighted by Crippen LogP contribution is -2.28. The van der Waals surface area contributed by atoms with Crippen LogP contribution < -0.4 is 20.1 Å². The first-order valence-corrected chi connectivity index (χ1v) is 9.80. The lowest BCUT2D eigenvalue weighted by atomic mass is 10.1. The van der Waals surface area contributed by atoms with Gasteiger partial charge in [0, 0.05) is 6.42 Å². The average Bonchev–Trinajstić information content (AvgIpc) is 3.31. The van der Waals surface area contributed by atoms with Crippen molar-refractivity contribution in [1.82, 2.24) is 5.59 Å². The SMILES string of the molecule is CCOc1ccc(CC2=CN(c3cccc4c3CCC4O)NO2)cc1OCC. The van der Waals surface area contributed by atoms with E-state index in [-0.39, 0.29) is 6.10 Å². The maximum Gasteiger partial charge on any atom is 0.161 e. The number of hydrazine groups is 1. The summed E-state index contributed by atoms with van der Waals surface area (Å²) >= 11 is 0. The van der Waals surface area contributed by atoms with Crippen LogP contribution in [0.15, 0.2) is 48.4 Å². The van der Waals surface area contributed by atoms with E-state index in [1.807, 2.05) is 61.5 Å². The van der Waals surface area contributed by atoms with Gasteiger partial charge in [0.1, 0.15) is 5.76 Å². The number of rotatable bonds is 7. The van der Waals surface area contributed by atoms with Crippen LogP contribution in [0.25, 0.3) is 0 Å². The summed E-state index contributed by atoms with van der Waals surface area (Å²) in [4.78, 5) is 5.69. The zero-order valence-electron chi connectivity index (χ0n) is 16.3. The molecule has 1 aliphatic carbocycles. The van der Waals surface area contributed by atoms with Crippen molar-refractivity contribution in [2.75, 3.05) is 18.2 Å². The van der Waals surface area contributed by atoms with E-state index in [2.05, 4.69) is 5.59 Å². The Morgan fingerprint density at radius 2 is 1.96 bits per heavy atom. The number of anilines is 1. The molecule has 2 aliphatic rings. The molecule has 6 nitrogen and oxygen atoms in total. The third-order valence-corrected chi connectivity index (χ3v) is 5.01. The molecule has 0 radical (unpaired) electrons. The molecule has 1 unspecified atom stereocenters. The van der Waals surface area contributed by atoms with Gasteiger partial charge in [-0.15, -0.1) is 0 Å². The zero-order valence-corrected chi connectivity index (χ0v) is 16.3. The molecular weight excluding hydrogens is 356 g/mol. The topological polar surface area (TPSA) is 63.2 Å². The van der Waals surface area contributed by atoms with Crippen molar-refractivity contribution in [3.8, 4) is 11.5 Å². The highest BCUT2D eigenvalue weighted by Gasteiger charge is 2.26. The van der Waals surface area contributed by atoms with E-state index < -0.39 is 0 Å². The summed E-state index contributed by atoms with van der Waals surface area (Å²) in [5.74, 6) is 2.32. The number of aliphatic hydroxyl groups excluding tert-OH is 1. The lowest BCUT2D eigenvalue weighted by molar-refractivity contribution is 0.127. The Morgan fingerprint density at radius 1 is 1.14 bits per heavy atom. The second-order valence-electron chi connectivity index (χ2n) is 6.88. The van der Waals surface area contributed by atoms with Crippen LogP contribution in [0.5, 0.6) is 11.5 Å². The van der Waals surface area contributed by atoms with Crippen LogP contribution in [0.3, 0.4) is 0 Å².